The Hall–Kier alpha value is -3.81. The molecule has 0 saturated carbocycles. The van der Waals surface area contributed by atoms with Gasteiger partial charge in [0.25, 0.3) is 17.4 Å². The molecule has 2 amide bonds. The molecule has 8 heteroatoms. The SMILES string of the molecule is Cc1ccc2nc(COC(=O)[C@H](C)N3C(=O)c4ccccc4C3=O)cc(=O)n2c1. The van der Waals surface area contributed by atoms with Gasteiger partial charge < -0.3 is 4.74 Å². The lowest BCUT2D eigenvalue weighted by Gasteiger charge is -2.20. The van der Waals surface area contributed by atoms with E-state index < -0.39 is 23.8 Å². The fourth-order valence-electron chi connectivity index (χ4n) is 3.26. The van der Waals surface area contributed by atoms with Crippen LogP contribution in [-0.2, 0) is 16.1 Å². The molecule has 0 N–H and O–H groups in total. The van der Waals surface area contributed by atoms with Gasteiger partial charge in [-0.1, -0.05) is 18.2 Å². The lowest BCUT2D eigenvalue weighted by molar-refractivity contribution is -0.149. The first kappa shape index (κ1) is 18.5. The van der Waals surface area contributed by atoms with Gasteiger partial charge in [0.05, 0.1) is 16.8 Å². The summed E-state index contributed by atoms with van der Waals surface area (Å²) in [7, 11) is 0. The molecule has 3 aromatic rings. The number of rotatable bonds is 4. The molecule has 0 saturated heterocycles. The second-order valence-electron chi connectivity index (χ2n) is 6.83. The van der Waals surface area contributed by atoms with Crippen LogP contribution in [0.15, 0.2) is 53.5 Å². The number of aromatic nitrogens is 2. The van der Waals surface area contributed by atoms with Gasteiger partial charge in [0, 0.05) is 12.3 Å². The van der Waals surface area contributed by atoms with Crippen molar-refractivity contribution < 1.29 is 19.1 Å². The molecule has 1 aromatic carbocycles. The summed E-state index contributed by atoms with van der Waals surface area (Å²) in [6.07, 6.45) is 1.67. The minimum Gasteiger partial charge on any atom is -0.458 e. The van der Waals surface area contributed by atoms with Gasteiger partial charge in [-0.25, -0.2) is 9.78 Å². The van der Waals surface area contributed by atoms with Gasteiger partial charge >= 0.3 is 5.97 Å². The first-order chi connectivity index (χ1) is 13.9. The molecule has 0 unspecified atom stereocenters. The third-order valence-corrected chi connectivity index (χ3v) is 4.78. The van der Waals surface area contributed by atoms with E-state index in [1.165, 1.54) is 17.4 Å². The van der Waals surface area contributed by atoms with E-state index >= 15 is 0 Å². The third kappa shape index (κ3) is 3.18. The number of ether oxygens (including phenoxy) is 1. The summed E-state index contributed by atoms with van der Waals surface area (Å²) in [4.78, 5) is 54.9. The number of carbonyl (C=O) groups excluding carboxylic acids is 3. The molecule has 2 aromatic heterocycles. The van der Waals surface area contributed by atoms with Crippen LogP contribution in [0.25, 0.3) is 5.65 Å². The maximum absolute atomic E-state index is 12.5. The van der Waals surface area contributed by atoms with Crippen molar-refractivity contribution in [2.75, 3.05) is 0 Å². The number of fused-ring (bicyclic) bond motifs is 2. The minimum atomic E-state index is -1.10. The summed E-state index contributed by atoms with van der Waals surface area (Å²) < 4.78 is 6.63. The Bertz CT molecular complexity index is 1200. The molecule has 4 rings (SSSR count). The van der Waals surface area contributed by atoms with Crippen LogP contribution in [0.3, 0.4) is 0 Å². The zero-order chi connectivity index (χ0) is 20.7. The van der Waals surface area contributed by atoms with Crippen molar-refractivity contribution in [1.29, 1.82) is 0 Å². The monoisotopic (exact) mass is 391 g/mol. The lowest BCUT2D eigenvalue weighted by Crippen LogP contribution is -2.43. The number of pyridine rings is 1. The van der Waals surface area contributed by atoms with E-state index in [1.807, 2.05) is 13.0 Å². The summed E-state index contributed by atoms with van der Waals surface area (Å²) >= 11 is 0. The summed E-state index contributed by atoms with van der Waals surface area (Å²) in [6.45, 7) is 3.05. The van der Waals surface area contributed by atoms with Gasteiger partial charge in [0.2, 0.25) is 0 Å². The predicted octanol–water partition coefficient (Wildman–Crippen LogP) is 1.73. The van der Waals surface area contributed by atoms with Crippen LogP contribution >= 0.6 is 0 Å². The average molecular weight is 391 g/mol. The molecule has 1 aliphatic heterocycles. The molecular weight excluding hydrogens is 374 g/mol. The van der Waals surface area contributed by atoms with Crippen LogP contribution in [0, 0.1) is 6.92 Å². The summed E-state index contributed by atoms with van der Waals surface area (Å²) in [6, 6.07) is 10.1. The van der Waals surface area contributed by atoms with E-state index in [9.17, 15) is 19.2 Å². The zero-order valence-corrected chi connectivity index (χ0v) is 15.8. The minimum absolute atomic E-state index is 0.244. The molecule has 8 nitrogen and oxygen atoms in total. The Morgan fingerprint density at radius 3 is 2.38 bits per heavy atom. The lowest BCUT2D eigenvalue weighted by atomic mass is 10.1. The van der Waals surface area contributed by atoms with Crippen LogP contribution < -0.4 is 5.56 Å². The highest BCUT2D eigenvalue weighted by Crippen LogP contribution is 2.24. The normalized spacial score (nSPS) is 14.2. The molecule has 29 heavy (non-hydrogen) atoms. The highest BCUT2D eigenvalue weighted by atomic mass is 16.5. The van der Waals surface area contributed by atoms with Crippen molar-refractivity contribution in [1.82, 2.24) is 14.3 Å². The van der Waals surface area contributed by atoms with Crippen molar-refractivity contribution in [2.24, 2.45) is 0 Å². The highest BCUT2D eigenvalue weighted by Gasteiger charge is 2.41. The van der Waals surface area contributed by atoms with Crippen LogP contribution in [0.4, 0.5) is 0 Å². The molecule has 0 aliphatic carbocycles. The highest BCUT2D eigenvalue weighted by molar-refractivity contribution is 6.22. The summed E-state index contributed by atoms with van der Waals surface area (Å²) in [5.74, 6) is -1.83. The van der Waals surface area contributed by atoms with E-state index in [0.717, 1.165) is 10.5 Å². The zero-order valence-electron chi connectivity index (χ0n) is 15.8. The fraction of sp³-hybridized carbons (Fsp3) is 0.190. The molecule has 1 atom stereocenters. The maximum Gasteiger partial charge on any atom is 0.329 e. The number of carbonyl (C=O) groups is 3. The predicted molar refractivity (Wildman–Crippen MR) is 102 cm³/mol. The molecule has 146 valence electrons. The number of imide groups is 1. The Balaban J connectivity index is 1.50. The number of amides is 2. The van der Waals surface area contributed by atoms with Crippen molar-refractivity contribution in [2.45, 2.75) is 26.5 Å². The Morgan fingerprint density at radius 2 is 1.72 bits per heavy atom. The van der Waals surface area contributed by atoms with Crippen molar-refractivity contribution in [3.05, 3.63) is 81.4 Å². The van der Waals surface area contributed by atoms with Gasteiger partial charge in [0.1, 0.15) is 18.3 Å². The molecule has 3 heterocycles. The van der Waals surface area contributed by atoms with E-state index in [4.69, 9.17) is 4.74 Å². The van der Waals surface area contributed by atoms with Gasteiger partial charge in [0.15, 0.2) is 0 Å². The quantitative estimate of drug-likeness (QED) is 0.496. The Kier molecular flexibility index (Phi) is 4.46. The first-order valence-electron chi connectivity index (χ1n) is 8.99. The van der Waals surface area contributed by atoms with Crippen LogP contribution in [0.5, 0.6) is 0 Å². The summed E-state index contributed by atoms with van der Waals surface area (Å²) in [5, 5.41) is 0. The van der Waals surface area contributed by atoms with Crippen molar-refractivity contribution in [3.8, 4) is 0 Å². The molecule has 0 fully saturated rings. The smallest absolute Gasteiger partial charge is 0.329 e. The van der Waals surface area contributed by atoms with E-state index in [2.05, 4.69) is 4.98 Å². The number of aryl methyl sites for hydroxylation is 1. The number of hydrogen-bond donors (Lipinski definition) is 0. The van der Waals surface area contributed by atoms with Gasteiger partial charge in [-0.2, -0.15) is 0 Å². The number of esters is 1. The van der Waals surface area contributed by atoms with Crippen molar-refractivity contribution >= 4 is 23.4 Å². The molecule has 0 spiro atoms. The van der Waals surface area contributed by atoms with Crippen LogP contribution in [-0.4, -0.2) is 38.1 Å². The van der Waals surface area contributed by atoms with Gasteiger partial charge in [-0.3, -0.25) is 23.7 Å². The third-order valence-electron chi connectivity index (χ3n) is 4.78. The standard InChI is InChI=1S/C21H17N3O5/c1-12-7-8-17-22-14(9-18(25)23(17)10-12)11-29-21(28)13(2)24-19(26)15-5-3-4-6-16(15)20(24)27/h3-10,13H,11H2,1-2H3/t13-/m0/s1. The van der Waals surface area contributed by atoms with E-state index in [1.54, 1.807) is 36.5 Å². The van der Waals surface area contributed by atoms with Crippen LogP contribution in [0.1, 0.15) is 38.9 Å². The maximum atomic E-state index is 12.5. The van der Waals surface area contributed by atoms with Crippen LogP contribution in [0.2, 0.25) is 0 Å². The Morgan fingerprint density at radius 1 is 1.07 bits per heavy atom. The molecule has 1 aliphatic rings. The van der Waals surface area contributed by atoms with Crippen molar-refractivity contribution in [3.63, 3.8) is 0 Å². The molecule has 0 radical (unpaired) electrons. The van der Waals surface area contributed by atoms with Gasteiger partial charge in [-0.05, 0) is 37.6 Å². The topological polar surface area (TPSA) is 98.0 Å². The largest absolute Gasteiger partial charge is 0.458 e. The molecular formula is C21H17N3O5. The Labute approximate surface area is 165 Å². The molecule has 0 bridgehead atoms. The summed E-state index contributed by atoms with van der Waals surface area (Å²) in [5.41, 5.74) is 1.85. The number of nitrogens with zero attached hydrogens (tertiary/aromatic N) is 3. The second kappa shape index (κ2) is 6.97. The number of benzene rings is 1. The van der Waals surface area contributed by atoms with E-state index in [0.29, 0.717) is 5.65 Å². The number of hydrogen-bond acceptors (Lipinski definition) is 6. The van der Waals surface area contributed by atoms with E-state index in [-0.39, 0.29) is 29.0 Å². The average Bonchev–Trinajstić information content (AvgIpc) is 2.97. The van der Waals surface area contributed by atoms with Gasteiger partial charge in [-0.15, -0.1) is 0 Å². The second-order valence-corrected chi connectivity index (χ2v) is 6.83. The first-order valence-corrected chi connectivity index (χ1v) is 8.99. The fourth-order valence-corrected chi connectivity index (χ4v) is 3.26.